The lowest BCUT2D eigenvalue weighted by Gasteiger charge is -2.03. The molecule has 2 atom stereocenters. The van der Waals surface area contributed by atoms with Gasteiger partial charge in [0.25, 0.3) is 0 Å². The van der Waals surface area contributed by atoms with Gasteiger partial charge in [-0.3, -0.25) is 0 Å². The van der Waals surface area contributed by atoms with Crippen molar-refractivity contribution in [2.24, 2.45) is 5.92 Å². The predicted octanol–water partition coefficient (Wildman–Crippen LogP) is 3.33. The molecule has 13 heavy (non-hydrogen) atoms. The van der Waals surface area contributed by atoms with Crippen molar-refractivity contribution in [2.75, 3.05) is 0 Å². The lowest BCUT2D eigenvalue weighted by Crippen LogP contribution is -1.97. The Labute approximate surface area is 90.9 Å². The largest absolute Gasteiger partial charge is 0.346 e. The van der Waals surface area contributed by atoms with Crippen LogP contribution in [-0.4, -0.2) is 9.97 Å². The Bertz CT molecular complexity index is 399. The van der Waals surface area contributed by atoms with E-state index in [4.69, 9.17) is 12.2 Å². The van der Waals surface area contributed by atoms with Crippen LogP contribution in [0.4, 0.5) is 0 Å². The Morgan fingerprint density at radius 1 is 1.62 bits per heavy atom. The number of hydrogen-bond acceptors (Lipinski definition) is 2. The van der Waals surface area contributed by atoms with Gasteiger partial charge in [-0.1, -0.05) is 19.1 Å². The zero-order valence-electron chi connectivity index (χ0n) is 7.60. The fourth-order valence-electron chi connectivity index (χ4n) is 1.47. The Balaban J connectivity index is 2.45. The molecule has 1 saturated carbocycles. The number of rotatable bonds is 1. The van der Waals surface area contributed by atoms with Gasteiger partial charge in [-0.05, 0) is 35.2 Å². The van der Waals surface area contributed by atoms with E-state index in [0.29, 0.717) is 10.6 Å². The normalized spacial score (nSPS) is 26.1. The fourth-order valence-corrected chi connectivity index (χ4v) is 1.91. The standard InChI is InChI=1S/C9H11BrN2S/c1-4-3-6(4)8-11-5(2)7(10)9(13)12-8/h4,6H,3H2,1-2H3,(H,11,12,13). The molecule has 1 aromatic heterocycles. The molecule has 0 spiro atoms. The average Bonchev–Trinajstić information content (AvgIpc) is 2.77. The summed E-state index contributed by atoms with van der Waals surface area (Å²) < 4.78 is 1.59. The molecule has 2 rings (SSSR count). The lowest BCUT2D eigenvalue weighted by atomic mass is 10.3. The average molecular weight is 259 g/mol. The summed E-state index contributed by atoms with van der Waals surface area (Å²) in [7, 11) is 0. The second-order valence-corrected chi connectivity index (χ2v) is 4.87. The number of nitrogens with one attached hydrogen (secondary N) is 1. The van der Waals surface area contributed by atoms with Gasteiger partial charge < -0.3 is 4.98 Å². The quantitative estimate of drug-likeness (QED) is 0.783. The van der Waals surface area contributed by atoms with E-state index in [1.807, 2.05) is 6.92 Å². The molecular formula is C9H11BrN2S. The molecule has 0 saturated heterocycles. The number of H-pyrrole nitrogens is 1. The molecule has 0 aliphatic heterocycles. The van der Waals surface area contributed by atoms with Crippen molar-refractivity contribution in [3.63, 3.8) is 0 Å². The van der Waals surface area contributed by atoms with Gasteiger partial charge in [-0.2, -0.15) is 0 Å². The van der Waals surface area contributed by atoms with Crippen molar-refractivity contribution in [1.29, 1.82) is 0 Å². The molecule has 4 heteroatoms. The zero-order chi connectivity index (χ0) is 9.59. The summed E-state index contributed by atoms with van der Waals surface area (Å²) in [6.45, 7) is 4.25. The molecule has 2 unspecified atom stereocenters. The minimum absolute atomic E-state index is 0.605. The first-order valence-corrected chi connectivity index (χ1v) is 5.56. The highest BCUT2D eigenvalue weighted by Crippen LogP contribution is 2.45. The van der Waals surface area contributed by atoms with E-state index in [9.17, 15) is 0 Å². The molecule has 0 aromatic carbocycles. The van der Waals surface area contributed by atoms with Crippen LogP contribution >= 0.6 is 28.1 Å². The number of halogens is 1. The summed E-state index contributed by atoms with van der Waals surface area (Å²) in [5.74, 6) is 2.42. The molecule has 0 amide bonds. The van der Waals surface area contributed by atoms with Crippen molar-refractivity contribution < 1.29 is 0 Å². The first-order chi connectivity index (χ1) is 6.09. The monoisotopic (exact) mass is 258 g/mol. The second-order valence-electron chi connectivity index (χ2n) is 3.69. The number of hydrogen-bond donors (Lipinski definition) is 1. The van der Waals surface area contributed by atoms with Crippen LogP contribution in [0.1, 0.15) is 30.8 Å². The summed E-state index contributed by atoms with van der Waals surface area (Å²) in [4.78, 5) is 7.64. The Morgan fingerprint density at radius 2 is 2.23 bits per heavy atom. The minimum atomic E-state index is 0.605. The van der Waals surface area contributed by atoms with Crippen molar-refractivity contribution >= 4 is 28.1 Å². The highest BCUT2D eigenvalue weighted by Gasteiger charge is 2.36. The van der Waals surface area contributed by atoms with E-state index in [1.165, 1.54) is 6.42 Å². The Morgan fingerprint density at radius 3 is 2.69 bits per heavy atom. The summed E-state index contributed by atoms with van der Waals surface area (Å²) in [6.07, 6.45) is 1.24. The summed E-state index contributed by atoms with van der Waals surface area (Å²) >= 11 is 8.54. The third-order valence-electron chi connectivity index (χ3n) is 2.52. The van der Waals surface area contributed by atoms with Crippen molar-refractivity contribution in [3.05, 3.63) is 20.6 Å². The number of nitrogens with zero attached hydrogens (tertiary/aromatic N) is 1. The van der Waals surface area contributed by atoms with Gasteiger partial charge in [-0.15, -0.1) is 0 Å². The molecule has 70 valence electrons. The van der Waals surface area contributed by atoms with E-state index >= 15 is 0 Å². The van der Waals surface area contributed by atoms with E-state index < -0.39 is 0 Å². The van der Waals surface area contributed by atoms with Gasteiger partial charge in [0.05, 0.1) is 4.47 Å². The summed E-state index contributed by atoms with van der Waals surface area (Å²) in [6, 6.07) is 0. The van der Waals surface area contributed by atoms with E-state index in [2.05, 4.69) is 32.8 Å². The van der Waals surface area contributed by atoms with E-state index in [0.717, 1.165) is 21.9 Å². The van der Waals surface area contributed by atoms with Crippen molar-refractivity contribution in [2.45, 2.75) is 26.2 Å². The van der Waals surface area contributed by atoms with Gasteiger partial charge in [0.15, 0.2) is 0 Å². The smallest absolute Gasteiger partial charge is 0.144 e. The van der Waals surface area contributed by atoms with Gasteiger partial charge in [0.2, 0.25) is 0 Å². The maximum atomic E-state index is 5.14. The number of aromatic nitrogens is 2. The van der Waals surface area contributed by atoms with Gasteiger partial charge in [0.1, 0.15) is 10.5 Å². The van der Waals surface area contributed by atoms with Crippen LogP contribution in [0.15, 0.2) is 4.47 Å². The maximum Gasteiger partial charge on any atom is 0.144 e. The molecule has 0 bridgehead atoms. The molecule has 1 aromatic rings. The highest BCUT2D eigenvalue weighted by atomic mass is 79.9. The molecular weight excluding hydrogens is 248 g/mol. The third-order valence-corrected chi connectivity index (χ3v) is 4.04. The predicted molar refractivity (Wildman–Crippen MR) is 58.4 cm³/mol. The van der Waals surface area contributed by atoms with Crippen molar-refractivity contribution in [3.8, 4) is 0 Å². The van der Waals surface area contributed by atoms with Gasteiger partial charge in [-0.25, -0.2) is 4.98 Å². The molecule has 1 fully saturated rings. The lowest BCUT2D eigenvalue weighted by molar-refractivity contribution is 0.825. The van der Waals surface area contributed by atoms with Gasteiger partial charge >= 0.3 is 0 Å². The van der Waals surface area contributed by atoms with Crippen molar-refractivity contribution in [1.82, 2.24) is 9.97 Å². The van der Waals surface area contributed by atoms with E-state index in [-0.39, 0.29) is 0 Å². The maximum absolute atomic E-state index is 5.14. The van der Waals surface area contributed by atoms with Crippen LogP contribution in [-0.2, 0) is 0 Å². The topological polar surface area (TPSA) is 28.7 Å². The number of aryl methyl sites for hydroxylation is 1. The zero-order valence-corrected chi connectivity index (χ0v) is 10.00. The van der Waals surface area contributed by atoms with Crippen LogP contribution in [0.2, 0.25) is 0 Å². The SMILES string of the molecule is Cc1[nH]c(C2CC2C)nc(=S)c1Br. The molecule has 1 N–H and O–H groups in total. The third kappa shape index (κ3) is 1.70. The first-order valence-electron chi connectivity index (χ1n) is 4.36. The Hall–Kier alpha value is -0.220. The summed E-state index contributed by atoms with van der Waals surface area (Å²) in [5, 5.41) is 0. The first kappa shape index (κ1) is 9.34. The van der Waals surface area contributed by atoms with Gasteiger partial charge in [0, 0.05) is 11.6 Å². The van der Waals surface area contributed by atoms with E-state index in [1.54, 1.807) is 0 Å². The van der Waals surface area contributed by atoms with Crippen LogP contribution < -0.4 is 0 Å². The number of aromatic amines is 1. The fraction of sp³-hybridized carbons (Fsp3) is 0.556. The highest BCUT2D eigenvalue weighted by molar-refractivity contribution is 9.10. The molecule has 0 radical (unpaired) electrons. The van der Waals surface area contributed by atoms with Crippen LogP contribution in [0.25, 0.3) is 0 Å². The molecule has 1 heterocycles. The van der Waals surface area contributed by atoms with Crippen LogP contribution in [0.3, 0.4) is 0 Å². The van der Waals surface area contributed by atoms with Crippen LogP contribution in [0, 0.1) is 17.5 Å². The molecule has 1 aliphatic carbocycles. The molecule has 2 nitrogen and oxygen atoms in total. The Kier molecular flexibility index (Phi) is 2.28. The second kappa shape index (κ2) is 3.17. The van der Waals surface area contributed by atoms with Crippen LogP contribution in [0.5, 0.6) is 0 Å². The minimum Gasteiger partial charge on any atom is -0.346 e. The summed E-state index contributed by atoms with van der Waals surface area (Å²) in [5.41, 5.74) is 1.08. The molecule has 1 aliphatic rings.